The summed E-state index contributed by atoms with van der Waals surface area (Å²) in [7, 11) is 0. The number of aromatic nitrogens is 4. The summed E-state index contributed by atoms with van der Waals surface area (Å²) in [6.45, 7) is 0. The van der Waals surface area contributed by atoms with Gasteiger partial charge in [0.25, 0.3) is 0 Å². The van der Waals surface area contributed by atoms with Crippen molar-refractivity contribution in [2.24, 2.45) is 0 Å². The first-order valence-corrected chi connectivity index (χ1v) is 13.4. The van der Waals surface area contributed by atoms with E-state index in [4.69, 9.17) is 0 Å². The van der Waals surface area contributed by atoms with Gasteiger partial charge in [-0.05, 0) is 0 Å². The Kier molecular flexibility index (Phi) is 10.7. The minimum atomic E-state index is -5.00. The summed E-state index contributed by atoms with van der Waals surface area (Å²) >= 11 is -9.99. The van der Waals surface area contributed by atoms with Gasteiger partial charge in [0.15, 0.2) is 0 Å². The van der Waals surface area contributed by atoms with E-state index in [2.05, 4.69) is 35.1 Å². The van der Waals surface area contributed by atoms with Crippen LogP contribution in [0.2, 0.25) is 0 Å². The molecule has 0 aromatic carbocycles. The summed E-state index contributed by atoms with van der Waals surface area (Å²) in [4.78, 5) is 14.9. The second kappa shape index (κ2) is 13.5. The third-order valence-electron chi connectivity index (χ3n) is 3.30. The molecule has 0 unspecified atom stereocenters. The summed E-state index contributed by atoms with van der Waals surface area (Å²) < 4.78 is 64.8. The molecule has 0 saturated heterocycles. The first-order chi connectivity index (χ1) is 16.3. The molecule has 4 aromatic rings. The predicted octanol–water partition coefficient (Wildman–Crippen LogP) is 3.22. The molecule has 0 aliphatic rings. The van der Waals surface area contributed by atoms with Crippen molar-refractivity contribution in [1.82, 2.24) is 19.9 Å². The van der Waals surface area contributed by atoms with Crippen LogP contribution in [0.3, 0.4) is 0 Å². The molecule has 185 valence electrons. The predicted molar refractivity (Wildman–Crippen MR) is 102 cm³/mol. The Morgan fingerprint density at radius 3 is 0.829 bits per heavy atom. The molecule has 0 N–H and O–H groups in total. The van der Waals surface area contributed by atoms with Gasteiger partial charge in [0.2, 0.25) is 0 Å². The molecule has 0 fully saturated rings. The van der Waals surface area contributed by atoms with E-state index in [-0.39, 0.29) is 40.3 Å². The fourth-order valence-corrected chi connectivity index (χ4v) is 4.07. The van der Waals surface area contributed by atoms with Gasteiger partial charge in [-0.3, -0.25) is 0 Å². The SMILES string of the molecule is [Co].[O]=[Cr](=[O])([O]c1ccccn1)[O]c1ccccn1.[O]=[Cr](=[O])([O]c1ccccn1)[O]c1ccccn1. The third kappa shape index (κ3) is 10.6. The normalized spacial score (nSPS) is 10.5. The first-order valence-electron chi connectivity index (χ1n) is 9.23. The van der Waals surface area contributed by atoms with Gasteiger partial charge in [0.1, 0.15) is 0 Å². The van der Waals surface area contributed by atoms with Gasteiger partial charge in [-0.25, -0.2) is 0 Å². The molecule has 1 radical (unpaired) electrons. The molecule has 0 aliphatic carbocycles. The summed E-state index contributed by atoms with van der Waals surface area (Å²) in [6, 6.07) is 18.7. The Morgan fingerprint density at radius 1 is 0.429 bits per heavy atom. The summed E-state index contributed by atoms with van der Waals surface area (Å²) in [5.41, 5.74) is 0. The van der Waals surface area contributed by atoms with Crippen LogP contribution in [0.4, 0.5) is 0 Å². The van der Waals surface area contributed by atoms with Gasteiger partial charge < -0.3 is 0 Å². The van der Waals surface area contributed by atoms with E-state index < -0.39 is 27.2 Å². The van der Waals surface area contributed by atoms with E-state index in [1.165, 1.54) is 49.1 Å². The van der Waals surface area contributed by atoms with Crippen LogP contribution in [-0.4, -0.2) is 19.9 Å². The van der Waals surface area contributed by atoms with Crippen LogP contribution in [0.15, 0.2) is 97.6 Å². The molecular formula is C20H16CoCr2N4O8. The van der Waals surface area contributed by atoms with Crippen LogP contribution < -0.4 is 15.2 Å². The molecule has 0 amide bonds. The number of nitrogens with zero attached hydrogens (tertiary/aromatic N) is 4. The standard InChI is InChI=1S/4C5H5NO.Co.2Cr.4O/c4*7-5-3-1-2-4-6-5;;;;;;;/h4*1-4H,(H,6,7);;;;;;;/q;;;;;2*+2;;;;/p-4. The monoisotopic (exact) mass is 603 g/mol. The summed E-state index contributed by atoms with van der Waals surface area (Å²) in [6.07, 6.45) is 5.68. The van der Waals surface area contributed by atoms with Gasteiger partial charge in [0, 0.05) is 16.8 Å². The van der Waals surface area contributed by atoms with Crippen molar-refractivity contribution >= 4 is 0 Å². The molecular weight excluding hydrogens is 587 g/mol. The van der Waals surface area contributed by atoms with Crippen LogP contribution in [0, 0.1) is 0 Å². The Bertz CT molecular complexity index is 1160. The number of pyridine rings is 4. The van der Waals surface area contributed by atoms with Crippen LogP contribution in [0.5, 0.6) is 23.5 Å². The quantitative estimate of drug-likeness (QED) is 0.290. The molecule has 0 atom stereocenters. The van der Waals surface area contributed by atoms with Crippen molar-refractivity contribution in [3.8, 4) is 23.5 Å². The van der Waals surface area contributed by atoms with Crippen molar-refractivity contribution in [2.45, 2.75) is 0 Å². The van der Waals surface area contributed by atoms with Crippen molar-refractivity contribution in [3.05, 3.63) is 97.6 Å². The van der Waals surface area contributed by atoms with Crippen molar-refractivity contribution < 1.29 is 74.4 Å². The fourth-order valence-electron chi connectivity index (χ4n) is 2.04. The van der Waals surface area contributed by atoms with Gasteiger partial charge in [-0.1, -0.05) is 0 Å². The van der Waals surface area contributed by atoms with Crippen LogP contribution >= 0.6 is 0 Å². The molecule has 4 rings (SSSR count). The minimum absolute atomic E-state index is 0. The van der Waals surface area contributed by atoms with Crippen molar-refractivity contribution in [3.63, 3.8) is 0 Å². The van der Waals surface area contributed by atoms with E-state index >= 15 is 0 Å². The Balaban J connectivity index is 0.000000240. The molecule has 4 heterocycles. The maximum absolute atomic E-state index is 11.5. The summed E-state index contributed by atoms with van der Waals surface area (Å²) in [5, 5.41) is 0. The molecule has 12 nitrogen and oxygen atoms in total. The van der Waals surface area contributed by atoms with Crippen molar-refractivity contribution in [1.29, 1.82) is 0 Å². The molecule has 4 aromatic heterocycles. The van der Waals surface area contributed by atoms with Crippen LogP contribution in [-0.2, 0) is 59.2 Å². The van der Waals surface area contributed by atoms with Gasteiger partial charge in [0.05, 0.1) is 0 Å². The van der Waals surface area contributed by atoms with E-state index in [1.807, 2.05) is 0 Å². The zero-order valence-electron chi connectivity index (χ0n) is 17.4. The zero-order chi connectivity index (χ0) is 24.3. The second-order valence-corrected chi connectivity index (χ2v) is 9.41. The average molecular weight is 603 g/mol. The molecule has 0 spiro atoms. The first kappa shape index (κ1) is 27.8. The zero-order valence-corrected chi connectivity index (χ0v) is 21.0. The van der Waals surface area contributed by atoms with Gasteiger partial charge >= 0.3 is 199 Å². The molecule has 15 heteroatoms. The Hall–Kier alpha value is -3.43. The van der Waals surface area contributed by atoms with Crippen LogP contribution in [0.25, 0.3) is 0 Å². The molecule has 0 bridgehead atoms. The van der Waals surface area contributed by atoms with E-state index in [0.717, 1.165) is 0 Å². The number of hydrogen-bond donors (Lipinski definition) is 0. The molecule has 0 saturated carbocycles. The van der Waals surface area contributed by atoms with Gasteiger partial charge in [-0.2, -0.15) is 0 Å². The van der Waals surface area contributed by atoms with E-state index in [1.54, 1.807) is 48.5 Å². The second-order valence-electron chi connectivity index (χ2n) is 5.82. The van der Waals surface area contributed by atoms with E-state index in [9.17, 15) is 15.2 Å². The summed E-state index contributed by atoms with van der Waals surface area (Å²) in [5.74, 6) is -0.135. The van der Waals surface area contributed by atoms with Crippen molar-refractivity contribution in [2.75, 3.05) is 0 Å². The average Bonchev–Trinajstić information content (AvgIpc) is 2.81. The van der Waals surface area contributed by atoms with Gasteiger partial charge in [-0.15, -0.1) is 0 Å². The van der Waals surface area contributed by atoms with Crippen LogP contribution in [0.1, 0.15) is 0 Å². The maximum atomic E-state index is 11.5. The topological polar surface area (TPSA) is 157 Å². The third-order valence-corrected chi connectivity index (χ3v) is 5.64. The Labute approximate surface area is 214 Å². The number of rotatable bonds is 8. The molecule has 0 aliphatic heterocycles. The molecule has 35 heavy (non-hydrogen) atoms. The fraction of sp³-hybridized carbons (Fsp3) is 0. The van der Waals surface area contributed by atoms with E-state index in [0.29, 0.717) is 0 Å². The number of hydrogen-bond acceptors (Lipinski definition) is 12. The Morgan fingerprint density at radius 2 is 0.657 bits per heavy atom.